The summed E-state index contributed by atoms with van der Waals surface area (Å²) in [7, 11) is 0. The van der Waals surface area contributed by atoms with Crippen molar-refractivity contribution in [1.29, 1.82) is 0 Å². The molecule has 4 heterocycles. The molecular formula is C25H16F2N6. The Kier molecular flexibility index (Phi) is 4.26. The van der Waals surface area contributed by atoms with Gasteiger partial charge in [0, 0.05) is 52.3 Å². The first-order valence-corrected chi connectivity index (χ1v) is 10.3. The molecule has 6 aromatic rings. The van der Waals surface area contributed by atoms with Crippen LogP contribution in [0.5, 0.6) is 0 Å². The second-order valence-electron chi connectivity index (χ2n) is 7.76. The number of nitrogens with one attached hydrogen (secondary N) is 2. The molecule has 33 heavy (non-hydrogen) atoms. The zero-order valence-electron chi connectivity index (χ0n) is 17.4. The molecule has 2 aromatic carbocycles. The maximum absolute atomic E-state index is 14.9. The molecule has 160 valence electrons. The molecule has 0 radical (unpaired) electrons. The van der Waals surface area contributed by atoms with Gasteiger partial charge in [0.1, 0.15) is 17.3 Å². The van der Waals surface area contributed by atoms with Crippen LogP contribution in [0, 0.1) is 18.6 Å². The van der Waals surface area contributed by atoms with Crippen molar-refractivity contribution in [2.45, 2.75) is 6.92 Å². The van der Waals surface area contributed by atoms with E-state index in [-0.39, 0.29) is 11.6 Å². The molecule has 0 bridgehead atoms. The lowest BCUT2D eigenvalue weighted by Crippen LogP contribution is -1.90. The van der Waals surface area contributed by atoms with Crippen LogP contribution in [0.15, 0.2) is 67.1 Å². The average Bonchev–Trinajstić information content (AvgIpc) is 3.43. The Hall–Kier alpha value is -4.46. The van der Waals surface area contributed by atoms with Gasteiger partial charge in [-0.1, -0.05) is 18.2 Å². The van der Waals surface area contributed by atoms with E-state index < -0.39 is 0 Å². The average molecular weight is 438 g/mol. The first kappa shape index (κ1) is 19.2. The number of aromatic nitrogens is 6. The minimum atomic E-state index is -0.373. The number of H-pyrrole nitrogens is 2. The lowest BCUT2D eigenvalue weighted by Gasteiger charge is -2.07. The van der Waals surface area contributed by atoms with E-state index in [1.54, 1.807) is 48.9 Å². The van der Waals surface area contributed by atoms with Gasteiger partial charge in [0.15, 0.2) is 11.5 Å². The van der Waals surface area contributed by atoms with E-state index in [9.17, 15) is 8.78 Å². The van der Waals surface area contributed by atoms with Crippen molar-refractivity contribution in [2.75, 3.05) is 0 Å². The Labute approximate surface area is 186 Å². The minimum Gasteiger partial charge on any atom is -0.335 e. The van der Waals surface area contributed by atoms with E-state index in [0.717, 1.165) is 5.56 Å². The van der Waals surface area contributed by atoms with Gasteiger partial charge in [-0.05, 0) is 36.8 Å². The van der Waals surface area contributed by atoms with E-state index in [0.29, 0.717) is 55.8 Å². The smallest absolute Gasteiger partial charge is 0.178 e. The van der Waals surface area contributed by atoms with Gasteiger partial charge in [0.2, 0.25) is 0 Å². The zero-order valence-corrected chi connectivity index (χ0v) is 17.4. The zero-order chi connectivity index (χ0) is 22.5. The molecule has 0 spiro atoms. The van der Waals surface area contributed by atoms with E-state index >= 15 is 0 Å². The summed E-state index contributed by atoms with van der Waals surface area (Å²) in [5.41, 5.74) is 5.23. The van der Waals surface area contributed by atoms with E-state index in [1.807, 2.05) is 13.0 Å². The lowest BCUT2D eigenvalue weighted by atomic mass is 10.00. The number of aryl methyl sites for hydroxylation is 1. The van der Waals surface area contributed by atoms with Crippen molar-refractivity contribution in [3.63, 3.8) is 0 Å². The molecule has 6 nitrogen and oxygen atoms in total. The normalized spacial score (nSPS) is 11.5. The fraction of sp³-hybridized carbons (Fsp3) is 0.0400. The monoisotopic (exact) mass is 438 g/mol. The molecule has 0 aliphatic carbocycles. The van der Waals surface area contributed by atoms with Gasteiger partial charge in [0.05, 0.1) is 11.0 Å². The van der Waals surface area contributed by atoms with Gasteiger partial charge in [-0.3, -0.25) is 10.1 Å². The minimum absolute atomic E-state index is 0.335. The van der Waals surface area contributed by atoms with Crippen molar-refractivity contribution < 1.29 is 8.78 Å². The number of hydrogen-bond acceptors (Lipinski definition) is 4. The van der Waals surface area contributed by atoms with Crippen molar-refractivity contribution in [2.24, 2.45) is 0 Å². The summed E-state index contributed by atoms with van der Waals surface area (Å²) in [6, 6.07) is 13.3. The van der Waals surface area contributed by atoms with Crippen LogP contribution in [0.25, 0.3) is 55.8 Å². The van der Waals surface area contributed by atoms with Crippen molar-refractivity contribution in [3.8, 4) is 33.8 Å². The number of fused-ring (bicyclic) bond motifs is 2. The Morgan fingerprint density at radius 2 is 1.73 bits per heavy atom. The third-order valence-electron chi connectivity index (χ3n) is 5.76. The number of pyridine rings is 2. The molecule has 0 fully saturated rings. The molecule has 0 amide bonds. The Balaban J connectivity index is 1.55. The maximum Gasteiger partial charge on any atom is 0.178 e. The maximum atomic E-state index is 14.9. The van der Waals surface area contributed by atoms with Crippen molar-refractivity contribution >= 4 is 22.1 Å². The molecule has 0 aliphatic rings. The van der Waals surface area contributed by atoms with Crippen molar-refractivity contribution in [1.82, 2.24) is 30.1 Å². The van der Waals surface area contributed by atoms with Gasteiger partial charge >= 0.3 is 0 Å². The summed E-state index contributed by atoms with van der Waals surface area (Å²) in [5.74, 6) is -0.256. The molecule has 0 atom stereocenters. The molecule has 0 saturated carbocycles. The first-order chi connectivity index (χ1) is 16.1. The van der Waals surface area contributed by atoms with Crippen LogP contribution in [-0.2, 0) is 0 Å². The standard InChI is InChI=1S/C25H16F2N6/c1-13-6-8-28-12-18(13)16-10-17-21(11-20(16)27)32-33-23(17)25-30-22-15(7-9-29-24(22)31-25)14-4-2-3-5-19(14)26/h2-12H,1H3,(H,32,33)(H,29,30,31). The molecule has 8 heteroatoms. The highest BCUT2D eigenvalue weighted by Crippen LogP contribution is 2.34. The van der Waals surface area contributed by atoms with Crippen LogP contribution in [0.4, 0.5) is 8.78 Å². The Morgan fingerprint density at radius 3 is 2.58 bits per heavy atom. The number of halogens is 2. The van der Waals surface area contributed by atoms with Crippen LogP contribution in [0.3, 0.4) is 0 Å². The van der Waals surface area contributed by atoms with Gasteiger partial charge < -0.3 is 4.98 Å². The summed E-state index contributed by atoms with van der Waals surface area (Å²) < 4.78 is 29.4. The molecule has 0 saturated heterocycles. The Morgan fingerprint density at radius 1 is 0.848 bits per heavy atom. The topological polar surface area (TPSA) is 83.1 Å². The predicted molar refractivity (Wildman–Crippen MR) is 122 cm³/mol. The van der Waals surface area contributed by atoms with E-state index in [2.05, 4.69) is 30.1 Å². The van der Waals surface area contributed by atoms with Crippen LogP contribution >= 0.6 is 0 Å². The van der Waals surface area contributed by atoms with Crippen molar-refractivity contribution in [3.05, 3.63) is 84.3 Å². The molecular weight excluding hydrogens is 422 g/mol. The summed E-state index contributed by atoms with van der Waals surface area (Å²) in [6.07, 6.45) is 4.91. The van der Waals surface area contributed by atoms with Crippen LogP contribution < -0.4 is 0 Å². The second kappa shape index (κ2) is 7.30. The second-order valence-corrected chi connectivity index (χ2v) is 7.76. The summed E-state index contributed by atoms with van der Waals surface area (Å²) in [5, 5.41) is 7.95. The first-order valence-electron chi connectivity index (χ1n) is 10.3. The van der Waals surface area contributed by atoms with Gasteiger partial charge in [-0.25, -0.2) is 18.7 Å². The summed E-state index contributed by atoms with van der Waals surface area (Å²) in [4.78, 5) is 16.3. The lowest BCUT2D eigenvalue weighted by molar-refractivity contribution is 0.631. The van der Waals surface area contributed by atoms with Gasteiger partial charge in [-0.15, -0.1) is 0 Å². The fourth-order valence-corrected chi connectivity index (χ4v) is 4.10. The highest BCUT2D eigenvalue weighted by Gasteiger charge is 2.19. The molecule has 2 N–H and O–H groups in total. The molecule has 6 rings (SSSR count). The third kappa shape index (κ3) is 3.07. The highest BCUT2D eigenvalue weighted by atomic mass is 19.1. The number of nitrogens with zero attached hydrogens (tertiary/aromatic N) is 4. The third-order valence-corrected chi connectivity index (χ3v) is 5.76. The SMILES string of the molecule is Cc1ccncc1-c1cc2c(-c3nc4nccc(-c5ccccc5F)c4[nH]3)n[nH]c2cc1F. The number of rotatable bonds is 3. The number of aromatic amines is 2. The molecule has 0 aliphatic heterocycles. The number of imidazole rings is 1. The summed E-state index contributed by atoms with van der Waals surface area (Å²) >= 11 is 0. The van der Waals surface area contributed by atoms with E-state index in [1.165, 1.54) is 12.1 Å². The largest absolute Gasteiger partial charge is 0.335 e. The fourth-order valence-electron chi connectivity index (χ4n) is 4.10. The predicted octanol–water partition coefficient (Wildman–Crippen LogP) is 5.82. The quantitative estimate of drug-likeness (QED) is 0.365. The molecule has 4 aromatic heterocycles. The number of hydrogen-bond donors (Lipinski definition) is 2. The van der Waals surface area contributed by atoms with E-state index in [4.69, 9.17) is 0 Å². The van der Waals surface area contributed by atoms with Gasteiger partial charge in [0.25, 0.3) is 0 Å². The highest BCUT2D eigenvalue weighted by molar-refractivity contribution is 5.97. The van der Waals surface area contributed by atoms with Crippen LogP contribution in [0.2, 0.25) is 0 Å². The van der Waals surface area contributed by atoms with Crippen LogP contribution in [-0.4, -0.2) is 30.1 Å². The Bertz CT molecular complexity index is 1670. The molecule has 0 unspecified atom stereocenters. The number of benzene rings is 2. The van der Waals surface area contributed by atoms with Gasteiger partial charge in [-0.2, -0.15) is 5.10 Å². The summed E-state index contributed by atoms with van der Waals surface area (Å²) in [6.45, 7) is 1.91. The van der Waals surface area contributed by atoms with Crippen LogP contribution in [0.1, 0.15) is 5.56 Å².